The van der Waals surface area contributed by atoms with Crippen molar-refractivity contribution in [3.05, 3.63) is 12.7 Å². The van der Waals surface area contributed by atoms with Gasteiger partial charge in [-0.2, -0.15) is 0 Å². The molecule has 0 fully saturated rings. The first-order chi connectivity index (χ1) is 8.02. The van der Waals surface area contributed by atoms with Crippen LogP contribution in [0.3, 0.4) is 0 Å². The molecule has 0 aromatic heterocycles. The number of hydrogen-bond acceptors (Lipinski definition) is 1. The lowest BCUT2D eigenvalue weighted by Gasteiger charge is -2.59. The van der Waals surface area contributed by atoms with Gasteiger partial charge in [0.1, 0.15) is 0 Å². The predicted octanol–water partition coefficient (Wildman–Crippen LogP) is 5.39. The van der Waals surface area contributed by atoms with Crippen molar-refractivity contribution in [2.45, 2.75) is 69.2 Å². The van der Waals surface area contributed by atoms with Crippen molar-refractivity contribution in [2.75, 3.05) is 0 Å². The van der Waals surface area contributed by atoms with Crippen LogP contribution in [0.1, 0.15) is 69.2 Å². The lowest BCUT2D eigenvalue weighted by molar-refractivity contribution is -0.131. The van der Waals surface area contributed by atoms with Gasteiger partial charge in [-0.1, -0.05) is 75.8 Å². The third-order valence-electron chi connectivity index (χ3n) is 4.67. The monoisotopic (exact) mass is 270 g/mol. The second kappa shape index (κ2) is 6.11. The minimum absolute atomic E-state index is 0.312. The first kappa shape index (κ1) is 20.5. The van der Waals surface area contributed by atoms with Gasteiger partial charge in [-0.3, -0.25) is 0 Å². The van der Waals surface area contributed by atoms with E-state index in [2.05, 4.69) is 75.8 Å². The van der Waals surface area contributed by atoms with Crippen LogP contribution in [0.5, 0.6) is 0 Å². The van der Waals surface area contributed by atoms with Crippen LogP contribution in [0.25, 0.3) is 0 Å². The molecule has 0 unspecified atom stereocenters. The molecule has 2 nitrogen and oxygen atoms in total. The number of rotatable bonds is 1. The Kier molecular flexibility index (Phi) is 6.60. The van der Waals surface area contributed by atoms with Crippen molar-refractivity contribution in [1.29, 1.82) is 0 Å². The van der Waals surface area contributed by atoms with E-state index in [-0.39, 0.29) is 0 Å². The van der Waals surface area contributed by atoms with Crippen LogP contribution >= 0.6 is 0 Å². The molecule has 0 bridgehead atoms. The van der Waals surface area contributed by atoms with E-state index in [1.54, 1.807) is 0 Å². The molecule has 0 spiro atoms. The summed E-state index contributed by atoms with van der Waals surface area (Å²) in [6, 6.07) is 0. The fraction of sp³-hybridized carbons (Fsp3) is 0.824. The first-order valence-electron chi connectivity index (χ1n) is 6.87. The molecule has 0 aromatic carbocycles. The number of aliphatic carboxylic acids is 1. The van der Waals surface area contributed by atoms with Crippen LogP contribution in [-0.2, 0) is 4.79 Å². The molecule has 0 saturated heterocycles. The van der Waals surface area contributed by atoms with Crippen molar-refractivity contribution in [1.82, 2.24) is 0 Å². The molecule has 0 amide bonds. The molecular formula is C17H34O2. The molecule has 0 heterocycles. The highest BCUT2D eigenvalue weighted by Crippen LogP contribution is 2.60. The number of carboxylic acids is 1. The highest BCUT2D eigenvalue weighted by Gasteiger charge is 2.53. The maximum Gasteiger partial charge on any atom is 0.327 e. The Labute approximate surface area is 120 Å². The second-order valence-corrected chi connectivity index (χ2v) is 8.42. The second-order valence-electron chi connectivity index (χ2n) is 8.42. The van der Waals surface area contributed by atoms with Crippen molar-refractivity contribution >= 4 is 5.97 Å². The largest absolute Gasteiger partial charge is 0.478 e. The van der Waals surface area contributed by atoms with Crippen LogP contribution in [0.4, 0.5) is 0 Å². The first-order valence-corrected chi connectivity index (χ1v) is 6.87. The van der Waals surface area contributed by atoms with E-state index in [0.29, 0.717) is 21.7 Å². The molecule has 2 heteroatoms. The van der Waals surface area contributed by atoms with Crippen molar-refractivity contribution < 1.29 is 9.90 Å². The van der Waals surface area contributed by atoms with Gasteiger partial charge in [0.2, 0.25) is 0 Å². The minimum atomic E-state index is -0.981. The van der Waals surface area contributed by atoms with Gasteiger partial charge in [-0.25, -0.2) is 4.79 Å². The Morgan fingerprint density at radius 1 is 0.789 bits per heavy atom. The van der Waals surface area contributed by atoms with Gasteiger partial charge >= 0.3 is 5.97 Å². The minimum Gasteiger partial charge on any atom is -0.478 e. The third-order valence-corrected chi connectivity index (χ3v) is 4.67. The van der Waals surface area contributed by atoms with E-state index in [4.69, 9.17) is 5.11 Å². The summed E-state index contributed by atoms with van der Waals surface area (Å²) in [5.41, 5.74) is 1.28. The Hall–Kier alpha value is -0.790. The molecule has 0 aromatic rings. The van der Waals surface area contributed by atoms with Crippen LogP contribution in [0.2, 0.25) is 0 Å². The summed E-state index contributed by atoms with van der Waals surface area (Å²) in [6.45, 7) is 26.7. The molecular weight excluding hydrogens is 236 g/mol. The van der Waals surface area contributed by atoms with E-state index in [1.807, 2.05) is 0 Å². The summed E-state index contributed by atoms with van der Waals surface area (Å²) in [7, 11) is 0. The van der Waals surface area contributed by atoms with Gasteiger partial charge in [-0.15, -0.1) is 0 Å². The lowest BCUT2D eigenvalue weighted by Crippen LogP contribution is -2.52. The summed E-state index contributed by atoms with van der Waals surface area (Å²) >= 11 is 0. The SMILES string of the molecule is C=CC(=O)O.CC(C)(C)C(C)(C(C)(C)C)C(C)(C)C. The quantitative estimate of drug-likeness (QED) is 0.649. The van der Waals surface area contributed by atoms with Crippen molar-refractivity contribution in [2.24, 2.45) is 21.7 Å². The lowest BCUT2D eigenvalue weighted by atomic mass is 9.46. The average Bonchev–Trinajstić information content (AvgIpc) is 2.12. The summed E-state index contributed by atoms with van der Waals surface area (Å²) in [6.07, 6.45) is 0.833. The highest BCUT2D eigenvalue weighted by atomic mass is 16.4. The van der Waals surface area contributed by atoms with Crippen molar-refractivity contribution in [3.63, 3.8) is 0 Å². The number of hydrogen-bond donors (Lipinski definition) is 1. The molecule has 1 N–H and O–H groups in total. The number of carbonyl (C=O) groups is 1. The van der Waals surface area contributed by atoms with E-state index in [1.165, 1.54) is 0 Å². The summed E-state index contributed by atoms with van der Waals surface area (Å²) in [5.74, 6) is -0.981. The fourth-order valence-electron chi connectivity index (χ4n) is 3.38. The summed E-state index contributed by atoms with van der Waals surface area (Å²) in [5, 5.41) is 7.60. The molecule has 0 aliphatic heterocycles. The van der Waals surface area contributed by atoms with Crippen LogP contribution in [-0.4, -0.2) is 11.1 Å². The zero-order chi connectivity index (χ0) is 16.3. The van der Waals surface area contributed by atoms with Gasteiger partial charge < -0.3 is 5.11 Å². The molecule has 0 atom stereocenters. The molecule has 0 saturated carbocycles. The van der Waals surface area contributed by atoms with Gasteiger partial charge in [0.15, 0.2) is 0 Å². The Morgan fingerprint density at radius 3 is 0.947 bits per heavy atom. The standard InChI is InChI=1S/C14H30.C3H4O2/c1-11(2,3)14(10,12(4,5)6)13(7,8)9;1-2-3(4)5/h1-10H3;2H,1H2,(H,4,5). The molecule has 0 aliphatic rings. The topological polar surface area (TPSA) is 37.3 Å². The van der Waals surface area contributed by atoms with Gasteiger partial charge in [0.05, 0.1) is 0 Å². The number of carboxylic acid groups (broad SMARTS) is 1. The van der Waals surface area contributed by atoms with Gasteiger partial charge in [-0.05, 0) is 21.7 Å². The van der Waals surface area contributed by atoms with E-state index in [9.17, 15) is 4.79 Å². The molecule has 114 valence electrons. The maximum absolute atomic E-state index is 9.25. The van der Waals surface area contributed by atoms with E-state index in [0.717, 1.165) is 6.08 Å². The van der Waals surface area contributed by atoms with Crippen molar-refractivity contribution in [3.8, 4) is 0 Å². The summed E-state index contributed by atoms with van der Waals surface area (Å²) in [4.78, 5) is 9.25. The van der Waals surface area contributed by atoms with Gasteiger partial charge in [0.25, 0.3) is 0 Å². The Balaban J connectivity index is 0. The zero-order valence-corrected chi connectivity index (χ0v) is 14.6. The zero-order valence-electron chi connectivity index (χ0n) is 14.6. The average molecular weight is 270 g/mol. The molecule has 0 aliphatic carbocycles. The van der Waals surface area contributed by atoms with Crippen LogP contribution in [0, 0.1) is 21.7 Å². The molecule has 19 heavy (non-hydrogen) atoms. The fourth-order valence-corrected chi connectivity index (χ4v) is 3.38. The highest BCUT2D eigenvalue weighted by molar-refractivity contribution is 5.78. The Morgan fingerprint density at radius 2 is 0.947 bits per heavy atom. The normalized spacial score (nSPS) is 13.4. The summed E-state index contributed by atoms with van der Waals surface area (Å²) < 4.78 is 0. The van der Waals surface area contributed by atoms with Gasteiger partial charge in [0, 0.05) is 6.08 Å². The predicted molar refractivity (Wildman–Crippen MR) is 84.3 cm³/mol. The molecule has 0 radical (unpaired) electrons. The van der Waals surface area contributed by atoms with E-state index < -0.39 is 5.97 Å². The smallest absolute Gasteiger partial charge is 0.327 e. The van der Waals surface area contributed by atoms with Crippen LogP contribution < -0.4 is 0 Å². The maximum atomic E-state index is 9.25. The molecule has 0 rings (SSSR count). The third kappa shape index (κ3) is 5.00. The van der Waals surface area contributed by atoms with Crippen LogP contribution in [0.15, 0.2) is 12.7 Å². The van der Waals surface area contributed by atoms with E-state index >= 15 is 0 Å². The Bertz CT molecular complexity index is 270.